The molecular weight excluding hydrogens is 619 g/mol. The molecule has 2 fully saturated rings. The highest BCUT2D eigenvalue weighted by Crippen LogP contribution is 2.47. The van der Waals surface area contributed by atoms with Gasteiger partial charge in [-0.2, -0.15) is 5.26 Å². The fourth-order valence-corrected chi connectivity index (χ4v) is 8.46. The van der Waals surface area contributed by atoms with Crippen LogP contribution < -0.4 is 10.2 Å². The number of halogens is 1. The topological polar surface area (TPSA) is 121 Å². The monoisotopic (exact) mass is 662 g/mol. The number of carbonyl (C=O) groups excluding carboxylic acids is 2. The molecule has 3 aromatic heterocycles. The van der Waals surface area contributed by atoms with Gasteiger partial charge in [0.2, 0.25) is 0 Å². The second-order valence-electron chi connectivity index (χ2n) is 14.9. The van der Waals surface area contributed by atoms with Crippen molar-refractivity contribution in [2.24, 2.45) is 0 Å². The molecule has 3 atom stereocenters. The SMILES string of the molecule is Cc1nc(N2CC3CCC(C2)N3C(=O)OC(C)(C)C)c2cnc(C3CCCc4sc(NC(=O)OC(C)(C)C)c(C#N)c43)c(F)c2c1C. The average Bonchev–Trinajstić information content (AvgIpc) is 3.45. The third-order valence-electron chi connectivity index (χ3n) is 9.19. The third kappa shape index (κ3) is 6.22. The van der Waals surface area contributed by atoms with Gasteiger partial charge in [-0.25, -0.2) is 19.0 Å². The number of amides is 2. The van der Waals surface area contributed by atoms with Crippen LogP contribution in [0.1, 0.15) is 106 Å². The molecule has 3 aliphatic rings. The van der Waals surface area contributed by atoms with Crippen LogP contribution in [0, 0.1) is 31.0 Å². The van der Waals surface area contributed by atoms with Crippen LogP contribution in [0.15, 0.2) is 6.20 Å². The second-order valence-corrected chi connectivity index (χ2v) is 16.0. The number of anilines is 2. The van der Waals surface area contributed by atoms with Gasteiger partial charge in [0.05, 0.1) is 23.3 Å². The van der Waals surface area contributed by atoms with E-state index in [1.165, 1.54) is 11.3 Å². The zero-order chi connectivity index (χ0) is 34.0. The normalized spacial score (nSPS) is 21.0. The number of aromatic nitrogens is 2. The molecule has 2 saturated heterocycles. The Morgan fingerprint density at radius 2 is 1.72 bits per heavy atom. The summed E-state index contributed by atoms with van der Waals surface area (Å²) in [4.78, 5) is 40.3. The lowest BCUT2D eigenvalue weighted by atomic mass is 9.82. The molecule has 2 aliphatic heterocycles. The largest absolute Gasteiger partial charge is 0.444 e. The number of hydrogen-bond donors (Lipinski definition) is 1. The van der Waals surface area contributed by atoms with E-state index >= 15 is 4.39 Å². The highest BCUT2D eigenvalue weighted by molar-refractivity contribution is 7.16. The first-order valence-electron chi connectivity index (χ1n) is 16.3. The van der Waals surface area contributed by atoms with Crippen LogP contribution in [0.2, 0.25) is 0 Å². The number of nitrogens with one attached hydrogen (secondary N) is 1. The number of hydrogen-bond acceptors (Lipinski definition) is 9. The molecule has 5 heterocycles. The summed E-state index contributed by atoms with van der Waals surface area (Å²) in [5.74, 6) is -0.173. The number of nitrogens with zero attached hydrogens (tertiary/aromatic N) is 5. The first-order chi connectivity index (χ1) is 22.1. The smallest absolute Gasteiger partial charge is 0.412 e. The zero-order valence-electron chi connectivity index (χ0n) is 28.4. The van der Waals surface area contributed by atoms with Crippen molar-refractivity contribution in [3.05, 3.63) is 45.0 Å². The number of ether oxygens (including phenoxy) is 2. The molecule has 2 bridgehead atoms. The number of thiophene rings is 1. The first-order valence-corrected chi connectivity index (χ1v) is 17.1. The van der Waals surface area contributed by atoms with Gasteiger partial charge in [-0.15, -0.1) is 11.3 Å². The number of piperazine rings is 1. The lowest BCUT2D eigenvalue weighted by Gasteiger charge is -2.42. The van der Waals surface area contributed by atoms with Crippen molar-refractivity contribution in [1.29, 1.82) is 5.26 Å². The van der Waals surface area contributed by atoms with Gasteiger partial charge < -0.3 is 14.4 Å². The summed E-state index contributed by atoms with van der Waals surface area (Å²) in [6, 6.07) is 2.23. The molecule has 0 spiro atoms. The van der Waals surface area contributed by atoms with Crippen LogP contribution in [0.5, 0.6) is 0 Å². The molecule has 12 heteroatoms. The predicted octanol–water partition coefficient (Wildman–Crippen LogP) is 7.72. The van der Waals surface area contributed by atoms with E-state index in [9.17, 15) is 14.9 Å². The quantitative estimate of drug-likeness (QED) is 0.303. The number of nitriles is 1. The van der Waals surface area contributed by atoms with Crippen molar-refractivity contribution in [3.8, 4) is 6.07 Å². The summed E-state index contributed by atoms with van der Waals surface area (Å²) >= 11 is 1.35. The number of aryl methyl sites for hydroxylation is 3. The molecule has 3 unspecified atom stereocenters. The van der Waals surface area contributed by atoms with Gasteiger partial charge in [-0.1, -0.05) is 0 Å². The maximum atomic E-state index is 16.9. The van der Waals surface area contributed by atoms with Gasteiger partial charge >= 0.3 is 12.2 Å². The molecule has 47 heavy (non-hydrogen) atoms. The number of fused-ring (bicyclic) bond motifs is 4. The van der Waals surface area contributed by atoms with Gasteiger partial charge in [0.1, 0.15) is 28.1 Å². The molecule has 1 N–H and O–H groups in total. The van der Waals surface area contributed by atoms with Crippen molar-refractivity contribution in [1.82, 2.24) is 14.9 Å². The highest BCUT2D eigenvalue weighted by atomic mass is 32.1. The molecule has 0 radical (unpaired) electrons. The van der Waals surface area contributed by atoms with Crippen molar-refractivity contribution in [2.45, 2.75) is 117 Å². The zero-order valence-corrected chi connectivity index (χ0v) is 29.2. The average molecular weight is 663 g/mol. The number of carbonyl (C=O) groups is 2. The molecule has 1 aliphatic carbocycles. The third-order valence-corrected chi connectivity index (χ3v) is 10.4. The van der Waals surface area contributed by atoms with E-state index in [0.717, 1.165) is 47.4 Å². The fourth-order valence-electron chi connectivity index (χ4n) is 7.22. The summed E-state index contributed by atoms with van der Waals surface area (Å²) < 4.78 is 28.1. The summed E-state index contributed by atoms with van der Waals surface area (Å²) in [6.07, 6.45) is 4.71. The predicted molar refractivity (Wildman–Crippen MR) is 180 cm³/mol. The van der Waals surface area contributed by atoms with Crippen molar-refractivity contribution in [2.75, 3.05) is 23.3 Å². The highest BCUT2D eigenvalue weighted by Gasteiger charge is 2.45. The number of rotatable bonds is 3. The van der Waals surface area contributed by atoms with Gasteiger partial charge in [-0.3, -0.25) is 15.2 Å². The van der Waals surface area contributed by atoms with Crippen molar-refractivity contribution >= 4 is 45.1 Å². The maximum absolute atomic E-state index is 16.9. The van der Waals surface area contributed by atoms with Crippen molar-refractivity contribution < 1.29 is 23.5 Å². The standard InChI is InChI=1S/C35H43FN6O4S/c1-18-19(2)39-30(41-16-20-12-13-21(17-41)42(20)33(44)46-35(6,7)8)24-15-38-29(28(36)26(18)24)22-10-9-11-25-27(22)23(14-37)31(47-25)40-32(43)45-34(3,4)5/h15,20-22H,9-13,16-17H2,1-8H3,(H,40,43). The van der Waals surface area contributed by atoms with Crippen LogP contribution >= 0.6 is 11.3 Å². The van der Waals surface area contributed by atoms with Crippen molar-refractivity contribution in [3.63, 3.8) is 0 Å². The Hall–Kier alpha value is -3.98. The minimum atomic E-state index is -0.691. The van der Waals surface area contributed by atoms with Gasteiger partial charge in [0, 0.05) is 46.5 Å². The van der Waals surface area contributed by atoms with E-state index in [0.29, 0.717) is 52.4 Å². The van der Waals surface area contributed by atoms with E-state index in [1.807, 2.05) is 39.5 Å². The summed E-state index contributed by atoms with van der Waals surface area (Å²) in [7, 11) is 0. The maximum Gasteiger partial charge on any atom is 0.412 e. The van der Waals surface area contributed by atoms with Crippen LogP contribution in [0.25, 0.3) is 10.8 Å². The lowest BCUT2D eigenvalue weighted by molar-refractivity contribution is 0.0122. The molecule has 10 nitrogen and oxygen atoms in total. The Morgan fingerprint density at radius 1 is 1.06 bits per heavy atom. The molecule has 3 aromatic rings. The van der Waals surface area contributed by atoms with E-state index in [2.05, 4.69) is 16.3 Å². The molecule has 2 amide bonds. The molecule has 0 saturated carbocycles. The van der Waals surface area contributed by atoms with Gasteiger partial charge in [-0.05, 0) is 98.6 Å². The van der Waals surface area contributed by atoms with E-state index in [-0.39, 0.29) is 18.2 Å². The molecule has 0 aromatic carbocycles. The van der Waals surface area contributed by atoms with E-state index in [1.54, 1.807) is 27.0 Å². The summed E-state index contributed by atoms with van der Waals surface area (Å²) in [6.45, 7) is 15.9. The first kappa shape index (κ1) is 32.9. The minimum Gasteiger partial charge on any atom is -0.444 e. The molecular formula is C35H43FN6O4S. The van der Waals surface area contributed by atoms with Crippen LogP contribution in [0.4, 0.5) is 24.8 Å². The second kappa shape index (κ2) is 11.9. The molecule has 6 rings (SSSR count). The Kier molecular flexibility index (Phi) is 8.35. The van der Waals surface area contributed by atoms with E-state index in [4.69, 9.17) is 19.4 Å². The Morgan fingerprint density at radius 3 is 2.34 bits per heavy atom. The number of pyridine rings is 2. The Balaban J connectivity index is 1.36. The molecule has 250 valence electrons. The Labute approximate surface area is 279 Å². The summed E-state index contributed by atoms with van der Waals surface area (Å²) in [5.41, 5.74) is 1.57. The van der Waals surface area contributed by atoms with Gasteiger partial charge in [0.25, 0.3) is 0 Å². The van der Waals surface area contributed by atoms with Gasteiger partial charge in [0.15, 0.2) is 5.82 Å². The fraction of sp³-hybridized carbons (Fsp3) is 0.571. The summed E-state index contributed by atoms with van der Waals surface area (Å²) in [5, 5.41) is 14.5. The van der Waals surface area contributed by atoms with Crippen LogP contribution in [-0.4, -0.2) is 63.4 Å². The lowest BCUT2D eigenvalue weighted by Crippen LogP contribution is -2.57. The van der Waals surface area contributed by atoms with Crippen LogP contribution in [-0.2, 0) is 15.9 Å². The van der Waals surface area contributed by atoms with E-state index < -0.39 is 29.0 Å². The Bertz CT molecular complexity index is 1790. The minimum absolute atomic E-state index is 0.0220. The van der Waals surface area contributed by atoms with Crippen LogP contribution in [0.3, 0.4) is 0 Å².